The predicted molar refractivity (Wildman–Crippen MR) is 92.1 cm³/mol. The smallest absolute Gasteiger partial charge is 0.234 e. The lowest BCUT2D eigenvalue weighted by Gasteiger charge is -2.05. The molecule has 3 aromatic rings. The van der Waals surface area contributed by atoms with Crippen molar-refractivity contribution >= 4 is 34.4 Å². The molecule has 0 aliphatic carbocycles. The number of carbonyl (C=O) groups is 1. The molecule has 112 valence electrons. The largest absolute Gasteiger partial charge is 0.341 e. The Morgan fingerprint density at radius 2 is 2.09 bits per heavy atom. The van der Waals surface area contributed by atoms with Gasteiger partial charge in [-0.25, -0.2) is 4.98 Å². The number of H-pyrrole nitrogens is 1. The number of benzene rings is 2. The van der Waals surface area contributed by atoms with Crippen LogP contribution in [-0.4, -0.2) is 21.6 Å². The minimum atomic E-state index is 0.00621. The molecule has 0 fully saturated rings. The molecule has 0 unspecified atom stereocenters. The Morgan fingerprint density at radius 1 is 1.23 bits per heavy atom. The molecular weight excluding hydrogens is 294 g/mol. The lowest BCUT2D eigenvalue weighted by molar-refractivity contribution is -0.113. The van der Waals surface area contributed by atoms with Crippen LogP contribution >= 0.6 is 11.8 Å². The van der Waals surface area contributed by atoms with Crippen LogP contribution in [0.4, 0.5) is 5.69 Å². The highest BCUT2D eigenvalue weighted by Gasteiger charge is 2.06. The van der Waals surface area contributed by atoms with Crippen molar-refractivity contribution in [1.82, 2.24) is 9.97 Å². The summed E-state index contributed by atoms with van der Waals surface area (Å²) in [5, 5.41) is 2.91. The number of hydrogen-bond acceptors (Lipinski definition) is 3. The minimum Gasteiger partial charge on any atom is -0.341 e. The highest BCUT2D eigenvalue weighted by atomic mass is 32.2. The fourth-order valence-corrected chi connectivity index (χ4v) is 2.92. The quantitative estimate of drug-likeness (QED) is 0.754. The normalized spacial score (nSPS) is 10.8. The van der Waals surface area contributed by atoms with Crippen LogP contribution in [-0.2, 0) is 10.5 Å². The third-order valence-electron chi connectivity index (χ3n) is 3.21. The van der Waals surface area contributed by atoms with Gasteiger partial charge >= 0.3 is 0 Å². The summed E-state index contributed by atoms with van der Waals surface area (Å²) in [5.74, 6) is 2.00. The zero-order valence-corrected chi connectivity index (χ0v) is 13.1. The van der Waals surface area contributed by atoms with E-state index in [1.807, 2.05) is 55.5 Å². The van der Waals surface area contributed by atoms with E-state index in [0.717, 1.165) is 28.1 Å². The van der Waals surface area contributed by atoms with Crippen molar-refractivity contribution in [3.8, 4) is 0 Å². The number of anilines is 1. The molecule has 0 atom stereocenters. The SMILES string of the molecule is Cc1cccc(NC(=O)CSCc2nc3ccccc3[nH]2)c1. The lowest BCUT2D eigenvalue weighted by atomic mass is 10.2. The number of thioether (sulfide) groups is 1. The number of nitrogens with one attached hydrogen (secondary N) is 2. The predicted octanol–water partition coefficient (Wildman–Crippen LogP) is 3.74. The second-order valence-electron chi connectivity index (χ2n) is 5.11. The van der Waals surface area contributed by atoms with E-state index in [0.29, 0.717) is 11.5 Å². The summed E-state index contributed by atoms with van der Waals surface area (Å²) >= 11 is 1.55. The first-order valence-corrected chi connectivity index (χ1v) is 8.24. The molecule has 3 rings (SSSR count). The fourth-order valence-electron chi connectivity index (χ4n) is 2.23. The lowest BCUT2D eigenvalue weighted by Crippen LogP contribution is -2.14. The van der Waals surface area contributed by atoms with E-state index in [2.05, 4.69) is 15.3 Å². The molecule has 0 saturated heterocycles. The van der Waals surface area contributed by atoms with Crippen LogP contribution in [0.3, 0.4) is 0 Å². The Hall–Kier alpha value is -2.27. The molecule has 0 aliphatic heterocycles. The third-order valence-corrected chi connectivity index (χ3v) is 4.16. The Bertz CT molecular complexity index is 764. The van der Waals surface area contributed by atoms with Crippen LogP contribution in [0.15, 0.2) is 48.5 Å². The standard InChI is InChI=1S/C17H17N3OS/c1-12-5-4-6-13(9-12)18-17(21)11-22-10-16-19-14-7-2-3-8-15(14)20-16/h2-9H,10-11H2,1H3,(H,18,21)(H,19,20). The second-order valence-corrected chi connectivity index (χ2v) is 6.10. The van der Waals surface area contributed by atoms with Crippen molar-refractivity contribution in [1.29, 1.82) is 0 Å². The Balaban J connectivity index is 1.51. The van der Waals surface area contributed by atoms with Gasteiger partial charge in [0, 0.05) is 5.69 Å². The van der Waals surface area contributed by atoms with Crippen LogP contribution in [0.1, 0.15) is 11.4 Å². The number of hydrogen-bond donors (Lipinski definition) is 2. The summed E-state index contributed by atoms with van der Waals surface area (Å²) in [7, 11) is 0. The number of amides is 1. The summed E-state index contributed by atoms with van der Waals surface area (Å²) in [5.41, 5.74) is 3.96. The van der Waals surface area contributed by atoms with Crippen LogP contribution in [0.5, 0.6) is 0 Å². The first-order valence-electron chi connectivity index (χ1n) is 7.08. The van der Waals surface area contributed by atoms with E-state index < -0.39 is 0 Å². The number of nitrogens with zero attached hydrogens (tertiary/aromatic N) is 1. The Kier molecular flexibility index (Phi) is 4.44. The maximum atomic E-state index is 11.9. The first-order chi connectivity index (χ1) is 10.7. The van der Waals surface area contributed by atoms with Gasteiger partial charge in [-0.05, 0) is 36.8 Å². The summed E-state index contributed by atoms with van der Waals surface area (Å²) in [6.07, 6.45) is 0. The number of imidazole rings is 1. The molecule has 4 nitrogen and oxygen atoms in total. The van der Waals surface area contributed by atoms with Gasteiger partial charge in [0.1, 0.15) is 5.82 Å². The molecule has 0 aliphatic rings. The average molecular weight is 311 g/mol. The Labute approximate surface area is 133 Å². The van der Waals surface area contributed by atoms with Gasteiger partial charge < -0.3 is 10.3 Å². The van der Waals surface area contributed by atoms with Crippen molar-refractivity contribution < 1.29 is 4.79 Å². The van der Waals surface area contributed by atoms with Crippen molar-refractivity contribution in [3.63, 3.8) is 0 Å². The first kappa shape index (κ1) is 14.7. The molecule has 2 N–H and O–H groups in total. The van der Waals surface area contributed by atoms with Gasteiger partial charge in [0.25, 0.3) is 0 Å². The van der Waals surface area contributed by atoms with E-state index in [4.69, 9.17) is 0 Å². The summed E-state index contributed by atoms with van der Waals surface area (Å²) in [6.45, 7) is 2.01. The summed E-state index contributed by atoms with van der Waals surface area (Å²) in [6, 6.07) is 15.7. The molecule has 0 radical (unpaired) electrons. The molecule has 0 bridgehead atoms. The highest BCUT2D eigenvalue weighted by molar-refractivity contribution is 7.99. The van der Waals surface area contributed by atoms with Crippen molar-refractivity contribution in [2.45, 2.75) is 12.7 Å². The van der Waals surface area contributed by atoms with Gasteiger partial charge in [-0.15, -0.1) is 11.8 Å². The van der Waals surface area contributed by atoms with Gasteiger partial charge in [-0.2, -0.15) is 0 Å². The monoisotopic (exact) mass is 311 g/mol. The number of fused-ring (bicyclic) bond motifs is 1. The number of para-hydroxylation sites is 2. The van der Waals surface area contributed by atoms with Crippen LogP contribution in [0.2, 0.25) is 0 Å². The Morgan fingerprint density at radius 3 is 2.91 bits per heavy atom. The maximum absolute atomic E-state index is 11.9. The molecule has 0 saturated carbocycles. The number of aryl methyl sites for hydroxylation is 1. The fraction of sp³-hybridized carbons (Fsp3) is 0.176. The molecule has 1 aromatic heterocycles. The van der Waals surface area contributed by atoms with Crippen molar-refractivity contribution in [3.05, 3.63) is 59.9 Å². The zero-order chi connectivity index (χ0) is 15.4. The maximum Gasteiger partial charge on any atom is 0.234 e. The van der Waals surface area contributed by atoms with E-state index in [-0.39, 0.29) is 5.91 Å². The van der Waals surface area contributed by atoms with Gasteiger partial charge in [0.15, 0.2) is 0 Å². The van der Waals surface area contributed by atoms with E-state index in [1.54, 1.807) is 11.8 Å². The molecule has 22 heavy (non-hydrogen) atoms. The van der Waals surface area contributed by atoms with Crippen LogP contribution in [0.25, 0.3) is 11.0 Å². The van der Waals surface area contributed by atoms with E-state index >= 15 is 0 Å². The molecular formula is C17H17N3OS. The number of rotatable bonds is 5. The van der Waals surface area contributed by atoms with Crippen molar-refractivity contribution in [2.24, 2.45) is 0 Å². The molecule has 1 heterocycles. The van der Waals surface area contributed by atoms with E-state index in [1.165, 1.54) is 0 Å². The van der Waals surface area contributed by atoms with Gasteiger partial charge in [0.2, 0.25) is 5.91 Å². The van der Waals surface area contributed by atoms with Gasteiger partial charge in [-0.1, -0.05) is 24.3 Å². The molecule has 2 aromatic carbocycles. The summed E-state index contributed by atoms with van der Waals surface area (Å²) < 4.78 is 0. The van der Waals surface area contributed by atoms with Crippen LogP contribution < -0.4 is 5.32 Å². The summed E-state index contributed by atoms with van der Waals surface area (Å²) in [4.78, 5) is 19.7. The van der Waals surface area contributed by atoms with Gasteiger partial charge in [-0.3, -0.25) is 4.79 Å². The third kappa shape index (κ3) is 3.68. The van der Waals surface area contributed by atoms with Gasteiger partial charge in [0.05, 0.1) is 22.5 Å². The average Bonchev–Trinajstić information content (AvgIpc) is 2.90. The highest BCUT2D eigenvalue weighted by Crippen LogP contribution is 2.16. The zero-order valence-electron chi connectivity index (χ0n) is 12.3. The number of carbonyl (C=O) groups excluding carboxylic acids is 1. The topological polar surface area (TPSA) is 57.8 Å². The second kappa shape index (κ2) is 6.66. The molecule has 5 heteroatoms. The van der Waals surface area contributed by atoms with E-state index in [9.17, 15) is 4.79 Å². The minimum absolute atomic E-state index is 0.00621. The molecule has 0 spiro atoms. The van der Waals surface area contributed by atoms with Crippen LogP contribution in [0, 0.1) is 6.92 Å². The molecule has 1 amide bonds. The van der Waals surface area contributed by atoms with Crippen molar-refractivity contribution in [2.75, 3.05) is 11.1 Å². The number of aromatic amines is 1. The number of aromatic nitrogens is 2.